The SMILES string of the molecule is Cc1cc(NCc2cn3cc(C4CC4)cc(N4CCN(C)CC4)c3n2)cc(NC(=O)[C@H]2C[C@@H]2c2cccc(Cl)c2)n1. The summed E-state index contributed by atoms with van der Waals surface area (Å²) >= 11 is 6.15. The zero-order chi connectivity index (χ0) is 28.1. The highest BCUT2D eigenvalue weighted by molar-refractivity contribution is 6.30. The number of nitrogens with zero attached hydrogens (tertiary/aromatic N) is 5. The van der Waals surface area contributed by atoms with Gasteiger partial charge in [-0.05, 0) is 80.5 Å². The summed E-state index contributed by atoms with van der Waals surface area (Å²) in [5, 5.41) is 7.25. The van der Waals surface area contributed by atoms with E-state index in [-0.39, 0.29) is 17.7 Å². The number of pyridine rings is 2. The van der Waals surface area contributed by atoms with Crippen molar-refractivity contribution in [3.63, 3.8) is 0 Å². The first kappa shape index (κ1) is 26.3. The fourth-order valence-corrected chi connectivity index (χ4v) is 6.19. The monoisotopic (exact) mass is 569 g/mol. The van der Waals surface area contributed by atoms with Crippen LogP contribution in [-0.4, -0.2) is 58.4 Å². The maximum atomic E-state index is 13.0. The molecule has 41 heavy (non-hydrogen) atoms. The van der Waals surface area contributed by atoms with Gasteiger partial charge in [0.25, 0.3) is 0 Å². The van der Waals surface area contributed by atoms with Crippen molar-refractivity contribution in [1.82, 2.24) is 19.3 Å². The van der Waals surface area contributed by atoms with Crippen LogP contribution in [0, 0.1) is 12.8 Å². The Kier molecular flexibility index (Phi) is 6.83. The van der Waals surface area contributed by atoms with Crippen LogP contribution < -0.4 is 15.5 Å². The zero-order valence-electron chi connectivity index (χ0n) is 23.6. The molecule has 2 aliphatic carbocycles. The lowest BCUT2D eigenvalue weighted by Crippen LogP contribution is -2.44. The van der Waals surface area contributed by atoms with E-state index in [0.717, 1.165) is 60.9 Å². The van der Waals surface area contributed by atoms with Gasteiger partial charge in [-0.25, -0.2) is 9.97 Å². The van der Waals surface area contributed by atoms with Crippen molar-refractivity contribution in [2.45, 2.75) is 44.6 Å². The molecule has 0 unspecified atom stereocenters. The maximum Gasteiger partial charge on any atom is 0.229 e. The highest BCUT2D eigenvalue weighted by atomic mass is 35.5. The van der Waals surface area contributed by atoms with Gasteiger partial charge in [-0.2, -0.15) is 0 Å². The van der Waals surface area contributed by atoms with Crippen LogP contribution in [0.3, 0.4) is 0 Å². The summed E-state index contributed by atoms with van der Waals surface area (Å²) in [6.07, 6.45) is 7.79. The van der Waals surface area contributed by atoms with E-state index >= 15 is 0 Å². The molecule has 1 amide bonds. The molecule has 4 heterocycles. The Hall–Kier alpha value is -3.62. The number of piperazine rings is 1. The van der Waals surface area contributed by atoms with Crippen LogP contribution in [0.2, 0.25) is 5.02 Å². The average molecular weight is 570 g/mol. The van der Waals surface area contributed by atoms with E-state index in [2.05, 4.69) is 55.3 Å². The number of nitrogens with one attached hydrogen (secondary N) is 2. The molecule has 7 rings (SSSR count). The first-order valence-electron chi connectivity index (χ1n) is 14.6. The van der Waals surface area contributed by atoms with Crippen molar-refractivity contribution in [2.24, 2.45) is 5.92 Å². The van der Waals surface area contributed by atoms with Crippen LogP contribution >= 0.6 is 11.6 Å². The van der Waals surface area contributed by atoms with Crippen LogP contribution in [0.25, 0.3) is 5.65 Å². The molecular weight excluding hydrogens is 534 g/mol. The van der Waals surface area contributed by atoms with E-state index in [0.29, 0.717) is 23.3 Å². The van der Waals surface area contributed by atoms with Crippen LogP contribution in [0.4, 0.5) is 17.2 Å². The largest absolute Gasteiger partial charge is 0.379 e. The average Bonchev–Trinajstić information content (AvgIpc) is 3.88. The minimum atomic E-state index is -0.0554. The van der Waals surface area contributed by atoms with Gasteiger partial charge in [0, 0.05) is 67.0 Å². The number of amides is 1. The molecule has 3 aromatic heterocycles. The number of carbonyl (C=O) groups excluding carboxylic acids is 1. The number of hydrogen-bond acceptors (Lipinski definition) is 6. The van der Waals surface area contributed by atoms with Gasteiger partial charge in [-0.15, -0.1) is 0 Å². The van der Waals surface area contributed by atoms with Gasteiger partial charge in [-0.1, -0.05) is 23.7 Å². The van der Waals surface area contributed by atoms with E-state index in [1.165, 1.54) is 24.1 Å². The summed E-state index contributed by atoms with van der Waals surface area (Å²) in [7, 11) is 2.19. The highest BCUT2D eigenvalue weighted by Gasteiger charge is 2.44. The van der Waals surface area contributed by atoms with E-state index in [4.69, 9.17) is 16.6 Å². The Labute approximate surface area is 245 Å². The molecule has 0 radical (unpaired) electrons. The molecular formula is C32H36ClN7O. The van der Waals surface area contributed by atoms with Crippen molar-refractivity contribution in [3.05, 3.63) is 82.4 Å². The molecule has 212 valence electrons. The van der Waals surface area contributed by atoms with E-state index in [1.807, 2.05) is 43.3 Å². The summed E-state index contributed by atoms with van der Waals surface area (Å²) in [6.45, 7) is 6.70. The van der Waals surface area contributed by atoms with Gasteiger partial charge in [0.05, 0.1) is 17.9 Å². The quantitative estimate of drug-likeness (QED) is 0.284. The number of imidazole rings is 1. The summed E-state index contributed by atoms with van der Waals surface area (Å²) < 4.78 is 2.22. The van der Waals surface area contributed by atoms with E-state index < -0.39 is 0 Å². The summed E-state index contributed by atoms with van der Waals surface area (Å²) in [6, 6.07) is 14.1. The van der Waals surface area contributed by atoms with Crippen LogP contribution in [0.1, 0.15) is 53.6 Å². The number of hydrogen-bond donors (Lipinski definition) is 2. The fraction of sp³-hybridized carbons (Fsp3) is 0.406. The molecule has 0 bridgehead atoms. The second kappa shape index (κ2) is 10.7. The van der Waals surface area contributed by atoms with Crippen molar-refractivity contribution in [2.75, 3.05) is 48.8 Å². The van der Waals surface area contributed by atoms with Crippen LogP contribution in [0.15, 0.2) is 54.9 Å². The van der Waals surface area contributed by atoms with Crippen LogP contribution in [0.5, 0.6) is 0 Å². The van der Waals surface area contributed by atoms with Crippen LogP contribution in [-0.2, 0) is 11.3 Å². The number of anilines is 3. The molecule has 2 N–H and O–H groups in total. The molecule has 3 fully saturated rings. The number of benzene rings is 1. The predicted molar refractivity (Wildman–Crippen MR) is 164 cm³/mol. The number of fused-ring (bicyclic) bond motifs is 1. The molecule has 2 saturated carbocycles. The summed E-state index contributed by atoms with van der Waals surface area (Å²) in [5.41, 5.74) is 7.53. The van der Waals surface area contributed by atoms with Crippen molar-refractivity contribution in [1.29, 1.82) is 0 Å². The Bertz CT molecular complexity index is 1610. The number of aryl methyl sites for hydroxylation is 1. The molecule has 8 nitrogen and oxygen atoms in total. The summed E-state index contributed by atoms with van der Waals surface area (Å²) in [4.78, 5) is 27.5. The topological polar surface area (TPSA) is 77.8 Å². The third-order valence-electron chi connectivity index (χ3n) is 8.58. The fourth-order valence-electron chi connectivity index (χ4n) is 5.99. The lowest BCUT2D eigenvalue weighted by molar-refractivity contribution is -0.117. The predicted octanol–water partition coefficient (Wildman–Crippen LogP) is 5.67. The van der Waals surface area contributed by atoms with Crippen molar-refractivity contribution < 1.29 is 4.79 Å². The standard InChI is InChI=1S/C32H36ClN7O/c1-20-12-25(15-30(35-20)37-32(41)28-16-27(28)22-4-3-5-24(33)13-22)34-17-26-19-40-18-23(21-6-7-21)14-29(31(40)36-26)39-10-8-38(2)9-11-39/h3-5,12-15,18-19,21,27-28H,6-11,16-17H2,1-2H3,(H2,34,35,37,41)/t27-,28+/m1/s1. The first-order valence-corrected chi connectivity index (χ1v) is 15.0. The Morgan fingerprint density at radius 3 is 2.63 bits per heavy atom. The molecule has 4 aromatic rings. The van der Waals surface area contributed by atoms with Gasteiger partial charge >= 0.3 is 0 Å². The molecule has 0 spiro atoms. The maximum absolute atomic E-state index is 13.0. The minimum Gasteiger partial charge on any atom is -0.379 e. The van der Waals surface area contributed by atoms with Crippen molar-refractivity contribution in [3.8, 4) is 0 Å². The van der Waals surface area contributed by atoms with Gasteiger partial charge < -0.3 is 24.8 Å². The molecule has 3 aliphatic rings. The lowest BCUT2D eigenvalue weighted by atomic mass is 10.1. The third-order valence-corrected chi connectivity index (χ3v) is 8.81. The molecule has 1 aromatic carbocycles. The van der Waals surface area contributed by atoms with Gasteiger partial charge in [-0.3, -0.25) is 4.79 Å². The molecule has 9 heteroatoms. The molecule has 1 aliphatic heterocycles. The number of aromatic nitrogens is 3. The second-order valence-corrected chi connectivity index (χ2v) is 12.4. The summed E-state index contributed by atoms with van der Waals surface area (Å²) in [5.74, 6) is 1.40. The first-order chi connectivity index (χ1) is 19.9. The zero-order valence-corrected chi connectivity index (χ0v) is 24.4. The number of halogens is 1. The molecule has 2 atom stereocenters. The van der Waals surface area contributed by atoms with Gasteiger partial charge in [0.15, 0.2) is 5.65 Å². The number of rotatable bonds is 8. The van der Waals surface area contributed by atoms with E-state index in [1.54, 1.807) is 0 Å². The normalized spacial score (nSPS) is 20.8. The lowest BCUT2D eigenvalue weighted by Gasteiger charge is -2.34. The third kappa shape index (κ3) is 5.76. The smallest absolute Gasteiger partial charge is 0.229 e. The van der Waals surface area contributed by atoms with Gasteiger partial charge in [0.1, 0.15) is 5.82 Å². The Morgan fingerprint density at radius 1 is 1.02 bits per heavy atom. The Morgan fingerprint density at radius 2 is 1.85 bits per heavy atom. The second-order valence-electron chi connectivity index (χ2n) is 11.9. The Balaban J connectivity index is 1.05. The highest BCUT2D eigenvalue weighted by Crippen LogP contribution is 2.48. The number of carbonyl (C=O) groups is 1. The van der Waals surface area contributed by atoms with Crippen molar-refractivity contribution >= 4 is 40.3 Å². The number of likely N-dealkylation sites (N-methyl/N-ethyl adjacent to an activating group) is 1. The molecule has 1 saturated heterocycles. The van der Waals surface area contributed by atoms with E-state index in [9.17, 15) is 4.79 Å². The van der Waals surface area contributed by atoms with Gasteiger partial charge in [0.2, 0.25) is 5.91 Å². The minimum absolute atomic E-state index is 0.00211.